The molecule has 0 unspecified atom stereocenters. The van der Waals surface area contributed by atoms with Crippen molar-refractivity contribution in [1.29, 1.82) is 0 Å². The number of aromatic nitrogens is 2. The normalized spacial score (nSPS) is 10.4. The van der Waals surface area contributed by atoms with E-state index in [4.69, 9.17) is 25.5 Å². The Morgan fingerprint density at radius 2 is 2.04 bits per heavy atom. The summed E-state index contributed by atoms with van der Waals surface area (Å²) in [5.41, 5.74) is 1.21. The quantitative estimate of drug-likeness (QED) is 0.633. The molecule has 0 saturated carbocycles. The van der Waals surface area contributed by atoms with Crippen molar-refractivity contribution in [2.75, 3.05) is 7.11 Å². The van der Waals surface area contributed by atoms with Crippen LogP contribution in [0, 0.1) is 0 Å². The number of nitrogens with zero attached hydrogens (tertiary/aromatic N) is 2. The largest absolute Gasteiger partial charge is 0.493 e. The van der Waals surface area contributed by atoms with Gasteiger partial charge in [-0.15, -0.1) is 10.2 Å². The van der Waals surface area contributed by atoms with E-state index in [2.05, 4.69) is 10.2 Å². The molecule has 0 N–H and O–H groups in total. The number of benzene rings is 2. The van der Waals surface area contributed by atoms with E-state index in [1.165, 1.54) is 7.11 Å². The third-order valence-electron chi connectivity index (χ3n) is 3.21. The van der Waals surface area contributed by atoms with Crippen molar-refractivity contribution in [3.05, 3.63) is 58.9 Å². The number of carbonyl (C=O) groups excluding carboxylic acids is 1. The van der Waals surface area contributed by atoms with Gasteiger partial charge in [0, 0.05) is 16.1 Å². The molecule has 2 aromatic carbocycles. The topological polar surface area (TPSA) is 74.5 Å². The Kier molecular flexibility index (Phi) is 4.77. The summed E-state index contributed by atoms with van der Waals surface area (Å²) in [6.45, 7) is 0.0479. The second-order valence-corrected chi connectivity index (χ2v) is 5.26. The predicted octanol–water partition coefficient (Wildman–Crippen LogP) is 3.79. The van der Waals surface area contributed by atoms with Crippen LogP contribution < -0.4 is 9.47 Å². The number of hydrogen-bond acceptors (Lipinski definition) is 6. The van der Waals surface area contributed by atoms with Gasteiger partial charge in [-0.3, -0.25) is 4.79 Å². The molecule has 0 aliphatic rings. The van der Waals surface area contributed by atoms with Crippen LogP contribution in [0.4, 0.5) is 0 Å². The van der Waals surface area contributed by atoms with Gasteiger partial charge in [-0.25, -0.2) is 0 Å². The first kappa shape index (κ1) is 16.0. The molecule has 0 amide bonds. The Labute approximate surface area is 143 Å². The van der Waals surface area contributed by atoms with Crippen LogP contribution in [0.3, 0.4) is 0 Å². The fourth-order valence-electron chi connectivity index (χ4n) is 2.07. The minimum atomic E-state index is 0.0479. The summed E-state index contributed by atoms with van der Waals surface area (Å²) in [4.78, 5) is 10.9. The molecule has 24 heavy (non-hydrogen) atoms. The van der Waals surface area contributed by atoms with Crippen molar-refractivity contribution >= 4 is 17.9 Å². The van der Waals surface area contributed by atoms with E-state index in [9.17, 15) is 4.79 Å². The molecular weight excluding hydrogens is 332 g/mol. The van der Waals surface area contributed by atoms with Gasteiger partial charge in [0.25, 0.3) is 5.89 Å². The van der Waals surface area contributed by atoms with Crippen molar-refractivity contribution in [3.63, 3.8) is 0 Å². The number of methoxy groups -OCH3 is 1. The minimum absolute atomic E-state index is 0.0479. The van der Waals surface area contributed by atoms with Crippen LogP contribution in [-0.2, 0) is 6.61 Å². The summed E-state index contributed by atoms with van der Waals surface area (Å²) in [6, 6.07) is 12.0. The van der Waals surface area contributed by atoms with Gasteiger partial charge >= 0.3 is 0 Å². The van der Waals surface area contributed by atoms with Gasteiger partial charge in [0.15, 0.2) is 18.1 Å². The molecule has 1 heterocycles. The number of aldehydes is 1. The Hall–Kier alpha value is -2.86. The van der Waals surface area contributed by atoms with Crippen LogP contribution in [0.25, 0.3) is 11.5 Å². The average Bonchev–Trinajstić information content (AvgIpc) is 3.08. The van der Waals surface area contributed by atoms with Crippen LogP contribution in [0.5, 0.6) is 11.5 Å². The minimum Gasteiger partial charge on any atom is -0.493 e. The molecule has 3 aromatic rings. The molecule has 6 nitrogen and oxygen atoms in total. The van der Waals surface area contributed by atoms with Gasteiger partial charge in [0.2, 0.25) is 5.89 Å². The smallest absolute Gasteiger partial charge is 0.254 e. The highest BCUT2D eigenvalue weighted by Crippen LogP contribution is 2.28. The summed E-state index contributed by atoms with van der Waals surface area (Å²) in [7, 11) is 1.52. The van der Waals surface area contributed by atoms with Gasteiger partial charge in [0.1, 0.15) is 6.29 Å². The van der Waals surface area contributed by atoms with Crippen molar-refractivity contribution in [2.24, 2.45) is 0 Å². The molecule has 3 rings (SSSR count). The summed E-state index contributed by atoms with van der Waals surface area (Å²) >= 11 is 5.95. The zero-order valence-corrected chi connectivity index (χ0v) is 13.5. The summed E-state index contributed by atoms with van der Waals surface area (Å²) < 4.78 is 16.4. The van der Waals surface area contributed by atoms with Gasteiger partial charge in [-0.2, -0.15) is 0 Å². The van der Waals surface area contributed by atoms with Crippen LogP contribution in [0.2, 0.25) is 5.02 Å². The highest BCUT2D eigenvalue weighted by Gasteiger charge is 2.11. The zero-order valence-electron chi connectivity index (χ0n) is 12.7. The van der Waals surface area contributed by atoms with Gasteiger partial charge in [-0.1, -0.05) is 17.7 Å². The molecule has 1 aromatic heterocycles. The molecule has 122 valence electrons. The molecule has 0 bridgehead atoms. The summed E-state index contributed by atoms with van der Waals surface area (Å²) in [6.07, 6.45) is 0.732. The van der Waals surface area contributed by atoms with E-state index in [0.29, 0.717) is 33.9 Å². The third-order valence-corrected chi connectivity index (χ3v) is 3.45. The second kappa shape index (κ2) is 7.14. The molecule has 0 spiro atoms. The van der Waals surface area contributed by atoms with E-state index < -0.39 is 0 Å². The Bertz CT molecular complexity index is 863. The second-order valence-electron chi connectivity index (χ2n) is 4.83. The number of halogens is 1. The van der Waals surface area contributed by atoms with Crippen molar-refractivity contribution < 1.29 is 18.7 Å². The van der Waals surface area contributed by atoms with Crippen LogP contribution >= 0.6 is 11.6 Å². The molecule has 0 atom stereocenters. The lowest BCUT2D eigenvalue weighted by molar-refractivity contribution is 0.112. The molecule has 0 fully saturated rings. The van der Waals surface area contributed by atoms with Crippen molar-refractivity contribution in [3.8, 4) is 23.0 Å². The number of carbonyl (C=O) groups is 1. The fourth-order valence-corrected chi connectivity index (χ4v) is 2.26. The zero-order chi connectivity index (χ0) is 16.9. The van der Waals surface area contributed by atoms with Crippen LogP contribution in [-0.4, -0.2) is 23.6 Å². The monoisotopic (exact) mass is 344 g/mol. The fraction of sp³-hybridized carbons (Fsp3) is 0.118. The maximum absolute atomic E-state index is 10.9. The molecule has 0 saturated heterocycles. The Balaban J connectivity index is 1.75. The van der Waals surface area contributed by atoms with Crippen LogP contribution in [0.1, 0.15) is 16.2 Å². The number of hydrogen-bond donors (Lipinski definition) is 0. The summed E-state index contributed by atoms with van der Waals surface area (Å²) in [5.74, 6) is 1.58. The molecular formula is C17H13ClN2O4. The van der Waals surface area contributed by atoms with E-state index >= 15 is 0 Å². The first-order valence-electron chi connectivity index (χ1n) is 7.04. The standard InChI is InChI=1S/C17H13ClN2O4/c1-22-14-6-5-11(9-21)7-15(14)23-10-16-19-20-17(24-16)12-3-2-4-13(18)8-12/h2-9H,10H2,1H3. The van der Waals surface area contributed by atoms with E-state index in [1.807, 2.05) is 6.07 Å². The molecule has 0 radical (unpaired) electrons. The molecule has 0 aliphatic carbocycles. The third kappa shape index (κ3) is 3.55. The average molecular weight is 345 g/mol. The SMILES string of the molecule is COc1ccc(C=O)cc1OCc1nnc(-c2cccc(Cl)c2)o1. The van der Waals surface area contributed by atoms with E-state index in [-0.39, 0.29) is 6.61 Å². The number of rotatable bonds is 6. The van der Waals surface area contributed by atoms with Gasteiger partial charge in [0.05, 0.1) is 7.11 Å². The lowest BCUT2D eigenvalue weighted by atomic mass is 10.2. The Morgan fingerprint density at radius 1 is 1.17 bits per heavy atom. The van der Waals surface area contributed by atoms with E-state index in [0.717, 1.165) is 11.8 Å². The van der Waals surface area contributed by atoms with Crippen molar-refractivity contribution in [1.82, 2.24) is 10.2 Å². The maximum atomic E-state index is 10.9. The van der Waals surface area contributed by atoms with Crippen LogP contribution in [0.15, 0.2) is 46.9 Å². The van der Waals surface area contributed by atoms with E-state index in [1.54, 1.807) is 36.4 Å². The lowest BCUT2D eigenvalue weighted by Crippen LogP contribution is -1.99. The Morgan fingerprint density at radius 3 is 2.79 bits per heavy atom. The van der Waals surface area contributed by atoms with Crippen molar-refractivity contribution in [2.45, 2.75) is 6.61 Å². The number of ether oxygens (including phenoxy) is 2. The first-order chi connectivity index (χ1) is 11.7. The highest BCUT2D eigenvalue weighted by molar-refractivity contribution is 6.30. The van der Waals surface area contributed by atoms with Gasteiger partial charge in [-0.05, 0) is 36.4 Å². The molecule has 0 aliphatic heterocycles. The maximum Gasteiger partial charge on any atom is 0.254 e. The lowest BCUT2D eigenvalue weighted by Gasteiger charge is -2.09. The summed E-state index contributed by atoms with van der Waals surface area (Å²) in [5, 5.41) is 8.50. The molecule has 7 heteroatoms. The predicted molar refractivity (Wildman–Crippen MR) is 87.5 cm³/mol. The van der Waals surface area contributed by atoms with Gasteiger partial charge < -0.3 is 13.9 Å². The highest BCUT2D eigenvalue weighted by atomic mass is 35.5. The first-order valence-corrected chi connectivity index (χ1v) is 7.41.